The first-order valence-corrected chi connectivity index (χ1v) is 9.26. The number of aromatic nitrogens is 3. The summed E-state index contributed by atoms with van der Waals surface area (Å²) in [5.41, 5.74) is 3.22. The summed E-state index contributed by atoms with van der Waals surface area (Å²) in [5, 5.41) is 4.27. The molecule has 1 aliphatic heterocycles. The zero-order valence-corrected chi connectivity index (χ0v) is 15.4. The van der Waals surface area contributed by atoms with E-state index < -0.39 is 0 Å². The molecule has 1 saturated heterocycles. The lowest BCUT2D eigenvalue weighted by Gasteiger charge is -2.28. The van der Waals surface area contributed by atoms with E-state index in [1.165, 1.54) is 5.69 Å². The first kappa shape index (κ1) is 16.7. The van der Waals surface area contributed by atoms with Gasteiger partial charge < -0.3 is 14.8 Å². The number of rotatable bonds is 5. The number of hydrogen-bond donors (Lipinski definition) is 1. The average Bonchev–Trinajstić information content (AvgIpc) is 3.28. The van der Waals surface area contributed by atoms with Gasteiger partial charge in [-0.25, -0.2) is 0 Å². The Balaban J connectivity index is 1.81. The molecule has 2 atom stereocenters. The van der Waals surface area contributed by atoms with Crippen molar-refractivity contribution in [1.82, 2.24) is 24.8 Å². The van der Waals surface area contributed by atoms with Crippen LogP contribution in [0.2, 0.25) is 0 Å². The Morgan fingerprint density at radius 1 is 1.12 bits per heavy atom. The van der Waals surface area contributed by atoms with E-state index in [9.17, 15) is 0 Å². The lowest BCUT2D eigenvalue weighted by Crippen LogP contribution is -2.31. The van der Waals surface area contributed by atoms with Crippen LogP contribution in [0.3, 0.4) is 0 Å². The molecule has 0 aromatic carbocycles. The molecule has 0 saturated carbocycles. The molecule has 5 nitrogen and oxygen atoms in total. The second-order valence-corrected chi connectivity index (χ2v) is 6.72. The summed E-state index contributed by atoms with van der Waals surface area (Å²) in [5.74, 6) is 0. The van der Waals surface area contributed by atoms with Gasteiger partial charge in [-0.15, -0.1) is 0 Å². The number of hydrogen-bond acceptors (Lipinski definition) is 3. The topological polar surface area (TPSA) is 46.0 Å². The predicted molar refractivity (Wildman–Crippen MR) is 106 cm³/mol. The number of thiocarbonyl (C=S) groups is 1. The quantitative estimate of drug-likeness (QED) is 0.701. The van der Waals surface area contributed by atoms with E-state index in [1.807, 2.05) is 30.6 Å². The van der Waals surface area contributed by atoms with Crippen molar-refractivity contribution in [3.05, 3.63) is 78.6 Å². The maximum Gasteiger partial charge on any atom is 0.170 e. The molecule has 0 amide bonds. The zero-order chi connectivity index (χ0) is 17.9. The molecule has 4 rings (SSSR count). The van der Waals surface area contributed by atoms with Gasteiger partial charge in [0, 0.05) is 30.8 Å². The molecule has 0 spiro atoms. The molecular weight excluding hydrogens is 342 g/mol. The summed E-state index contributed by atoms with van der Waals surface area (Å²) in [6, 6.07) is 14.4. The summed E-state index contributed by atoms with van der Waals surface area (Å²) >= 11 is 5.66. The van der Waals surface area contributed by atoms with E-state index >= 15 is 0 Å². The normalized spacial score (nSPS) is 19.6. The van der Waals surface area contributed by atoms with Crippen LogP contribution in [-0.4, -0.2) is 31.1 Å². The van der Waals surface area contributed by atoms with Crippen molar-refractivity contribution in [1.29, 1.82) is 0 Å². The first-order chi connectivity index (χ1) is 12.8. The Morgan fingerprint density at radius 2 is 2.04 bits per heavy atom. The van der Waals surface area contributed by atoms with Crippen LogP contribution in [0.5, 0.6) is 0 Å². The molecule has 3 aromatic rings. The van der Waals surface area contributed by atoms with Crippen LogP contribution in [0.1, 0.15) is 36.8 Å². The van der Waals surface area contributed by atoms with Crippen molar-refractivity contribution in [3.63, 3.8) is 0 Å². The van der Waals surface area contributed by atoms with E-state index in [-0.39, 0.29) is 12.1 Å². The molecule has 1 fully saturated rings. The number of nitrogens with zero attached hydrogens (tertiary/aromatic N) is 4. The van der Waals surface area contributed by atoms with Crippen molar-refractivity contribution in [2.24, 2.45) is 0 Å². The van der Waals surface area contributed by atoms with E-state index in [0.29, 0.717) is 0 Å². The molecule has 0 aliphatic carbocycles. The number of nitrogens with one attached hydrogen (secondary N) is 1. The fourth-order valence-electron chi connectivity index (χ4n) is 3.58. The number of pyridine rings is 2. The van der Waals surface area contributed by atoms with Crippen LogP contribution in [-0.2, 0) is 0 Å². The Hall–Kier alpha value is -2.73. The average molecular weight is 363 g/mol. The summed E-state index contributed by atoms with van der Waals surface area (Å²) in [6.07, 6.45) is 8.61. The maximum absolute atomic E-state index is 5.66. The van der Waals surface area contributed by atoms with E-state index in [2.05, 4.69) is 62.1 Å². The third kappa shape index (κ3) is 2.97. The molecule has 132 valence electrons. The summed E-state index contributed by atoms with van der Waals surface area (Å²) < 4.78 is 2.19. The van der Waals surface area contributed by atoms with E-state index in [0.717, 1.165) is 29.5 Å². The third-order valence-electron chi connectivity index (χ3n) is 4.67. The van der Waals surface area contributed by atoms with Crippen molar-refractivity contribution < 1.29 is 0 Å². The van der Waals surface area contributed by atoms with Crippen molar-refractivity contribution >= 4 is 17.3 Å². The van der Waals surface area contributed by atoms with Gasteiger partial charge in [0.1, 0.15) is 0 Å². The largest absolute Gasteiger partial charge is 0.352 e. The maximum atomic E-state index is 5.66. The van der Waals surface area contributed by atoms with Gasteiger partial charge in [-0.1, -0.05) is 13.0 Å². The molecule has 4 heterocycles. The minimum absolute atomic E-state index is 0.0144. The molecule has 26 heavy (non-hydrogen) atoms. The smallest absolute Gasteiger partial charge is 0.170 e. The molecule has 0 bridgehead atoms. The fourth-order valence-corrected chi connectivity index (χ4v) is 3.91. The second-order valence-electron chi connectivity index (χ2n) is 6.33. The minimum atomic E-state index is 0.0144. The lowest BCUT2D eigenvalue weighted by atomic mass is 10.0. The van der Waals surface area contributed by atoms with Gasteiger partial charge in [-0.3, -0.25) is 9.97 Å². The zero-order valence-electron chi connectivity index (χ0n) is 14.6. The standard InChI is InChI=1S/C20H21N5S/c1-2-12-25-19(18(23-20(25)26)16-8-3-4-11-22-16)17-9-6-13-24(17)15-7-5-10-21-14-15/h3-11,13-14,18-19H,2,12H2,1H3,(H,23,26). The van der Waals surface area contributed by atoms with Crippen molar-refractivity contribution in [2.75, 3.05) is 6.54 Å². The summed E-state index contributed by atoms with van der Waals surface area (Å²) in [7, 11) is 0. The second kappa shape index (κ2) is 7.25. The van der Waals surface area contributed by atoms with Crippen LogP contribution in [0.4, 0.5) is 0 Å². The van der Waals surface area contributed by atoms with Gasteiger partial charge in [-0.05, 0) is 55.0 Å². The molecule has 1 aliphatic rings. The molecule has 0 radical (unpaired) electrons. The van der Waals surface area contributed by atoms with Crippen LogP contribution in [0.15, 0.2) is 67.3 Å². The first-order valence-electron chi connectivity index (χ1n) is 8.85. The van der Waals surface area contributed by atoms with Crippen molar-refractivity contribution in [2.45, 2.75) is 25.4 Å². The highest BCUT2D eigenvalue weighted by Crippen LogP contribution is 2.39. The Bertz CT molecular complexity index is 877. The molecule has 1 N–H and O–H groups in total. The monoisotopic (exact) mass is 363 g/mol. The highest BCUT2D eigenvalue weighted by atomic mass is 32.1. The summed E-state index contributed by atoms with van der Waals surface area (Å²) in [6.45, 7) is 3.08. The van der Waals surface area contributed by atoms with Crippen LogP contribution in [0, 0.1) is 0 Å². The van der Waals surface area contributed by atoms with Crippen LogP contribution < -0.4 is 5.32 Å². The SMILES string of the molecule is CCCN1C(=S)NC(c2ccccn2)C1c1cccn1-c1cccnc1. The van der Waals surface area contributed by atoms with Crippen molar-refractivity contribution in [3.8, 4) is 5.69 Å². The predicted octanol–water partition coefficient (Wildman–Crippen LogP) is 3.65. The van der Waals surface area contributed by atoms with Gasteiger partial charge in [0.05, 0.1) is 29.7 Å². The van der Waals surface area contributed by atoms with Crippen LogP contribution >= 0.6 is 12.2 Å². The van der Waals surface area contributed by atoms with Gasteiger partial charge >= 0.3 is 0 Å². The molecular formula is C20H21N5S. The molecule has 2 unspecified atom stereocenters. The highest BCUT2D eigenvalue weighted by molar-refractivity contribution is 7.80. The van der Waals surface area contributed by atoms with Crippen LogP contribution in [0.25, 0.3) is 5.69 Å². The fraction of sp³-hybridized carbons (Fsp3) is 0.250. The van der Waals surface area contributed by atoms with E-state index in [1.54, 1.807) is 6.20 Å². The highest BCUT2D eigenvalue weighted by Gasteiger charge is 2.40. The Labute approximate surface area is 158 Å². The molecule has 3 aromatic heterocycles. The van der Waals surface area contributed by atoms with Gasteiger partial charge in [0.25, 0.3) is 0 Å². The van der Waals surface area contributed by atoms with E-state index in [4.69, 9.17) is 12.2 Å². The lowest BCUT2D eigenvalue weighted by molar-refractivity contribution is 0.309. The van der Waals surface area contributed by atoms with Gasteiger partial charge in [0.15, 0.2) is 5.11 Å². The van der Waals surface area contributed by atoms with Gasteiger partial charge in [-0.2, -0.15) is 0 Å². The minimum Gasteiger partial charge on any atom is -0.352 e. The third-order valence-corrected chi connectivity index (χ3v) is 5.02. The molecule has 6 heteroatoms. The Morgan fingerprint density at radius 3 is 2.77 bits per heavy atom. The Kier molecular flexibility index (Phi) is 4.67. The van der Waals surface area contributed by atoms with Gasteiger partial charge in [0.2, 0.25) is 0 Å². The summed E-state index contributed by atoms with van der Waals surface area (Å²) in [4.78, 5) is 11.1.